The number of methoxy groups -OCH3 is 1. The maximum atomic E-state index is 12.4. The molecule has 0 aromatic rings. The number of hydrogen-bond donors (Lipinski definition) is 1. The van der Waals surface area contributed by atoms with Crippen LogP contribution in [0.1, 0.15) is 48.5 Å². The number of amides is 1. The van der Waals surface area contributed by atoms with Crippen molar-refractivity contribution in [3.05, 3.63) is 0 Å². The Kier molecular flexibility index (Phi) is 6.02. The van der Waals surface area contributed by atoms with Gasteiger partial charge in [0.2, 0.25) is 0 Å². The van der Waals surface area contributed by atoms with Crippen LogP contribution in [0.2, 0.25) is 0 Å². The Hall–Kier alpha value is -1.30. The highest BCUT2D eigenvalue weighted by Gasteiger charge is 2.50. The minimum absolute atomic E-state index is 0.344. The van der Waals surface area contributed by atoms with Crippen LogP contribution < -0.4 is 0 Å². The van der Waals surface area contributed by atoms with Crippen molar-refractivity contribution < 1.29 is 24.2 Å². The third-order valence-corrected chi connectivity index (χ3v) is 3.19. The number of nitrogens with zero attached hydrogens (tertiary/aromatic N) is 1. The Bertz CT molecular complexity index is 361. The first-order valence-electron chi connectivity index (χ1n) is 6.66. The van der Waals surface area contributed by atoms with Gasteiger partial charge in [0, 0.05) is 13.2 Å². The first-order valence-corrected chi connectivity index (χ1v) is 6.66. The molecule has 2 atom stereocenters. The van der Waals surface area contributed by atoms with E-state index in [4.69, 9.17) is 9.47 Å². The SMILES string of the molecule is COC(C)C(C)(C(=O)O)N(C(=O)OC(C)(C)C)C(C)C. The highest BCUT2D eigenvalue weighted by molar-refractivity contribution is 5.85. The summed E-state index contributed by atoms with van der Waals surface area (Å²) in [5.41, 5.74) is -2.20. The molecule has 0 heterocycles. The topological polar surface area (TPSA) is 76.1 Å². The van der Waals surface area contributed by atoms with Gasteiger partial charge in [-0.1, -0.05) is 0 Å². The van der Waals surface area contributed by atoms with E-state index >= 15 is 0 Å². The summed E-state index contributed by atoms with van der Waals surface area (Å²) >= 11 is 0. The van der Waals surface area contributed by atoms with Gasteiger partial charge in [-0.25, -0.2) is 9.59 Å². The molecule has 0 spiro atoms. The Balaban J connectivity index is 5.64. The van der Waals surface area contributed by atoms with Gasteiger partial charge in [-0.2, -0.15) is 0 Å². The van der Waals surface area contributed by atoms with E-state index < -0.39 is 29.3 Å². The van der Waals surface area contributed by atoms with E-state index in [1.807, 2.05) is 0 Å². The molecule has 0 aliphatic rings. The molecule has 0 radical (unpaired) electrons. The molecule has 0 fully saturated rings. The first-order chi connectivity index (χ1) is 8.87. The number of carbonyl (C=O) groups excluding carboxylic acids is 1. The van der Waals surface area contributed by atoms with Crippen molar-refractivity contribution in [2.45, 2.75) is 71.8 Å². The van der Waals surface area contributed by atoms with Crippen LogP contribution in [0, 0.1) is 0 Å². The summed E-state index contributed by atoms with van der Waals surface area (Å²) in [6.45, 7) is 11.8. The lowest BCUT2D eigenvalue weighted by atomic mass is 9.92. The van der Waals surface area contributed by atoms with Crippen molar-refractivity contribution in [1.82, 2.24) is 4.90 Å². The molecular weight excluding hydrogens is 262 g/mol. The molecule has 2 unspecified atom stereocenters. The van der Waals surface area contributed by atoms with E-state index in [2.05, 4.69) is 0 Å². The fourth-order valence-electron chi connectivity index (χ4n) is 1.95. The molecule has 0 saturated heterocycles. The number of carboxylic acids is 1. The van der Waals surface area contributed by atoms with Gasteiger partial charge in [0.25, 0.3) is 0 Å². The second-order valence-electron chi connectivity index (χ2n) is 6.27. The van der Waals surface area contributed by atoms with Crippen LogP contribution in [0.5, 0.6) is 0 Å². The Morgan fingerprint density at radius 1 is 1.10 bits per heavy atom. The van der Waals surface area contributed by atoms with Crippen molar-refractivity contribution in [2.75, 3.05) is 7.11 Å². The average molecular weight is 289 g/mol. The van der Waals surface area contributed by atoms with E-state index in [0.717, 1.165) is 0 Å². The van der Waals surface area contributed by atoms with Crippen LogP contribution in [-0.2, 0) is 14.3 Å². The second kappa shape index (κ2) is 6.43. The smallest absolute Gasteiger partial charge is 0.411 e. The Labute approximate surface area is 121 Å². The zero-order valence-corrected chi connectivity index (χ0v) is 13.7. The van der Waals surface area contributed by atoms with Crippen molar-refractivity contribution >= 4 is 12.1 Å². The molecule has 1 N–H and O–H groups in total. The summed E-state index contributed by atoms with van der Waals surface area (Å²) in [5, 5.41) is 9.57. The van der Waals surface area contributed by atoms with Crippen LogP contribution in [0.4, 0.5) is 4.79 Å². The number of carboxylic acid groups (broad SMARTS) is 1. The molecule has 0 bridgehead atoms. The number of hydrogen-bond acceptors (Lipinski definition) is 4. The van der Waals surface area contributed by atoms with E-state index in [1.54, 1.807) is 41.5 Å². The fourth-order valence-corrected chi connectivity index (χ4v) is 1.95. The van der Waals surface area contributed by atoms with E-state index in [9.17, 15) is 14.7 Å². The first kappa shape index (κ1) is 18.7. The number of ether oxygens (including phenoxy) is 2. The lowest BCUT2D eigenvalue weighted by Gasteiger charge is -2.43. The summed E-state index contributed by atoms with van der Waals surface area (Å²) in [4.78, 5) is 25.3. The number of rotatable bonds is 5. The highest BCUT2D eigenvalue weighted by atomic mass is 16.6. The average Bonchev–Trinajstić information content (AvgIpc) is 2.24. The maximum absolute atomic E-state index is 12.4. The molecule has 0 aromatic carbocycles. The molecule has 118 valence electrons. The van der Waals surface area contributed by atoms with Gasteiger partial charge in [-0.05, 0) is 48.5 Å². The van der Waals surface area contributed by atoms with Crippen LogP contribution in [0.15, 0.2) is 0 Å². The third kappa shape index (κ3) is 4.10. The van der Waals surface area contributed by atoms with Gasteiger partial charge in [0.05, 0.1) is 6.10 Å². The van der Waals surface area contributed by atoms with E-state index in [1.165, 1.54) is 18.9 Å². The summed E-state index contributed by atoms with van der Waals surface area (Å²) in [6, 6.07) is -0.344. The fraction of sp³-hybridized carbons (Fsp3) is 0.857. The highest BCUT2D eigenvalue weighted by Crippen LogP contribution is 2.27. The van der Waals surface area contributed by atoms with Gasteiger partial charge in [-0.15, -0.1) is 0 Å². The standard InChI is InChI=1S/C14H27NO5/c1-9(2)15(12(18)20-13(4,5)6)14(7,11(16)17)10(3)19-8/h9-10H,1-8H3,(H,16,17). The quantitative estimate of drug-likeness (QED) is 0.841. The summed E-state index contributed by atoms with van der Waals surface area (Å²) in [7, 11) is 1.42. The normalized spacial score (nSPS) is 16.4. The lowest BCUT2D eigenvalue weighted by molar-refractivity contribution is -0.161. The molecule has 0 aliphatic heterocycles. The Morgan fingerprint density at radius 2 is 1.55 bits per heavy atom. The predicted molar refractivity (Wildman–Crippen MR) is 75.7 cm³/mol. The van der Waals surface area contributed by atoms with E-state index in [0.29, 0.717) is 0 Å². The van der Waals surface area contributed by atoms with Crippen LogP contribution in [-0.4, -0.2) is 52.5 Å². The zero-order valence-electron chi connectivity index (χ0n) is 13.7. The number of carbonyl (C=O) groups is 2. The van der Waals surface area contributed by atoms with Crippen molar-refractivity contribution in [3.8, 4) is 0 Å². The second-order valence-corrected chi connectivity index (χ2v) is 6.27. The summed E-state index contributed by atoms with van der Waals surface area (Å²) in [6.07, 6.45) is -1.35. The predicted octanol–water partition coefficient (Wildman–Crippen LogP) is 2.51. The number of aliphatic carboxylic acids is 1. The van der Waals surface area contributed by atoms with Crippen molar-refractivity contribution in [2.24, 2.45) is 0 Å². The molecule has 1 amide bonds. The molecule has 6 heteroatoms. The Morgan fingerprint density at radius 3 is 1.80 bits per heavy atom. The van der Waals surface area contributed by atoms with Gasteiger partial charge >= 0.3 is 12.1 Å². The molecular formula is C14H27NO5. The monoisotopic (exact) mass is 289 g/mol. The minimum atomic E-state index is -1.51. The maximum Gasteiger partial charge on any atom is 0.411 e. The van der Waals surface area contributed by atoms with Crippen LogP contribution >= 0.6 is 0 Å². The van der Waals surface area contributed by atoms with Gasteiger partial charge in [0.15, 0.2) is 5.54 Å². The largest absolute Gasteiger partial charge is 0.479 e. The summed E-state index contributed by atoms with van der Waals surface area (Å²) < 4.78 is 10.5. The van der Waals surface area contributed by atoms with Gasteiger partial charge < -0.3 is 14.6 Å². The minimum Gasteiger partial charge on any atom is -0.479 e. The molecule has 6 nitrogen and oxygen atoms in total. The molecule has 0 saturated carbocycles. The third-order valence-electron chi connectivity index (χ3n) is 3.19. The molecule has 0 rings (SSSR count). The van der Waals surface area contributed by atoms with Gasteiger partial charge in [0.1, 0.15) is 5.60 Å². The molecule has 0 aliphatic carbocycles. The zero-order chi connectivity index (χ0) is 16.3. The van der Waals surface area contributed by atoms with Crippen LogP contribution in [0.3, 0.4) is 0 Å². The summed E-state index contributed by atoms with van der Waals surface area (Å²) in [5.74, 6) is -1.13. The van der Waals surface area contributed by atoms with E-state index in [-0.39, 0.29) is 6.04 Å². The lowest BCUT2D eigenvalue weighted by Crippen LogP contribution is -2.64. The van der Waals surface area contributed by atoms with Crippen LogP contribution in [0.25, 0.3) is 0 Å². The van der Waals surface area contributed by atoms with Crippen molar-refractivity contribution in [1.29, 1.82) is 0 Å². The molecule has 20 heavy (non-hydrogen) atoms. The molecule has 0 aromatic heterocycles. The van der Waals surface area contributed by atoms with Gasteiger partial charge in [-0.3, -0.25) is 4.90 Å². The van der Waals surface area contributed by atoms with Crippen molar-refractivity contribution in [3.63, 3.8) is 0 Å².